The third-order valence-electron chi connectivity index (χ3n) is 5.73. The molecule has 0 bridgehead atoms. The molecule has 0 spiro atoms. The van der Waals surface area contributed by atoms with E-state index in [-0.39, 0.29) is 0 Å². The summed E-state index contributed by atoms with van der Waals surface area (Å²) in [6, 6.07) is 0. The quantitative estimate of drug-likeness (QED) is 0.690. The largest absolute Gasteiger partial charge is 0.381 e. The van der Waals surface area contributed by atoms with Gasteiger partial charge in [-0.05, 0) is 61.7 Å². The van der Waals surface area contributed by atoms with E-state index in [4.69, 9.17) is 4.74 Å². The van der Waals surface area contributed by atoms with Crippen LogP contribution < -0.4 is 0 Å². The van der Waals surface area contributed by atoms with Gasteiger partial charge in [-0.2, -0.15) is 0 Å². The van der Waals surface area contributed by atoms with E-state index in [0.29, 0.717) is 6.10 Å². The molecular weight excluding hydrogens is 184 g/mol. The molecule has 0 saturated heterocycles. The van der Waals surface area contributed by atoms with Crippen LogP contribution in [0.5, 0.6) is 0 Å². The lowest BCUT2D eigenvalue weighted by atomic mass is 9.51. The zero-order chi connectivity index (χ0) is 10.4. The van der Waals surface area contributed by atoms with Crippen LogP contribution in [0.4, 0.5) is 0 Å². The van der Waals surface area contributed by atoms with Crippen molar-refractivity contribution in [2.24, 2.45) is 29.6 Å². The van der Waals surface area contributed by atoms with Crippen LogP contribution >= 0.6 is 0 Å². The van der Waals surface area contributed by atoms with Gasteiger partial charge in [-0.25, -0.2) is 0 Å². The molecule has 3 saturated carbocycles. The Bertz CT molecular complexity index is 235. The van der Waals surface area contributed by atoms with E-state index in [2.05, 4.69) is 6.92 Å². The molecule has 0 aliphatic heterocycles. The minimum atomic E-state index is 0.619. The molecule has 0 radical (unpaired) electrons. The highest BCUT2D eigenvalue weighted by Gasteiger charge is 2.49. The monoisotopic (exact) mass is 208 g/mol. The summed E-state index contributed by atoms with van der Waals surface area (Å²) in [5.41, 5.74) is 0. The summed E-state index contributed by atoms with van der Waals surface area (Å²) >= 11 is 0. The lowest BCUT2D eigenvalue weighted by Crippen LogP contribution is -2.49. The van der Waals surface area contributed by atoms with E-state index < -0.39 is 0 Å². The van der Waals surface area contributed by atoms with Crippen LogP contribution in [0.2, 0.25) is 0 Å². The summed E-state index contributed by atoms with van der Waals surface area (Å²) in [4.78, 5) is 0. The summed E-state index contributed by atoms with van der Waals surface area (Å²) in [5.74, 6) is 5.16. The van der Waals surface area contributed by atoms with Crippen LogP contribution in [0.3, 0.4) is 0 Å². The van der Waals surface area contributed by atoms with Gasteiger partial charge in [0.25, 0.3) is 0 Å². The molecule has 0 heterocycles. The molecule has 0 aromatic carbocycles. The van der Waals surface area contributed by atoms with Gasteiger partial charge in [0, 0.05) is 7.11 Å². The first kappa shape index (κ1) is 10.1. The molecule has 6 atom stereocenters. The van der Waals surface area contributed by atoms with Gasteiger partial charge in [-0.1, -0.05) is 13.3 Å². The highest BCUT2D eigenvalue weighted by Crippen LogP contribution is 2.56. The van der Waals surface area contributed by atoms with Crippen molar-refractivity contribution in [3.63, 3.8) is 0 Å². The summed E-state index contributed by atoms with van der Waals surface area (Å²) in [6.07, 6.45) is 9.42. The van der Waals surface area contributed by atoms with E-state index in [1.54, 1.807) is 0 Å². The third kappa shape index (κ3) is 1.46. The van der Waals surface area contributed by atoms with Gasteiger partial charge in [0.2, 0.25) is 0 Å². The van der Waals surface area contributed by atoms with E-state index in [0.717, 1.165) is 29.6 Å². The molecule has 0 N–H and O–H groups in total. The van der Waals surface area contributed by atoms with E-state index in [9.17, 15) is 0 Å². The predicted molar refractivity (Wildman–Crippen MR) is 61.6 cm³/mol. The van der Waals surface area contributed by atoms with Crippen molar-refractivity contribution < 1.29 is 4.74 Å². The van der Waals surface area contributed by atoms with Gasteiger partial charge in [0.05, 0.1) is 6.10 Å². The van der Waals surface area contributed by atoms with Crippen molar-refractivity contribution >= 4 is 0 Å². The minimum Gasteiger partial charge on any atom is -0.381 e. The average molecular weight is 208 g/mol. The topological polar surface area (TPSA) is 9.23 Å². The standard InChI is InChI=1S/C14H24O/c1-9-3-4-10(9)11-5-6-12(11)13-7-8-14(13)15-2/h9-14H,3-8H2,1-2H3. The fourth-order valence-electron chi connectivity index (χ4n) is 4.22. The molecule has 3 aliphatic carbocycles. The van der Waals surface area contributed by atoms with Gasteiger partial charge in [0.15, 0.2) is 0 Å². The summed E-state index contributed by atoms with van der Waals surface area (Å²) in [6.45, 7) is 2.46. The molecule has 3 aliphatic rings. The molecule has 86 valence electrons. The maximum atomic E-state index is 5.56. The normalized spacial score (nSPS) is 54.0. The fraction of sp³-hybridized carbons (Fsp3) is 1.00. The number of ether oxygens (including phenoxy) is 1. The van der Waals surface area contributed by atoms with Gasteiger partial charge < -0.3 is 4.74 Å². The van der Waals surface area contributed by atoms with Crippen LogP contribution in [-0.2, 0) is 4.74 Å². The highest BCUT2D eigenvalue weighted by atomic mass is 16.5. The minimum absolute atomic E-state index is 0.619. The smallest absolute Gasteiger partial charge is 0.0602 e. The Morgan fingerprint density at radius 3 is 1.67 bits per heavy atom. The number of hydrogen-bond acceptors (Lipinski definition) is 1. The maximum absolute atomic E-state index is 5.56. The highest BCUT2D eigenvalue weighted by molar-refractivity contribution is 4.99. The van der Waals surface area contributed by atoms with E-state index in [1.165, 1.54) is 38.5 Å². The van der Waals surface area contributed by atoms with Gasteiger partial charge in [-0.3, -0.25) is 0 Å². The van der Waals surface area contributed by atoms with Crippen molar-refractivity contribution in [2.75, 3.05) is 7.11 Å². The molecule has 0 aromatic heterocycles. The molecule has 0 amide bonds. The first-order valence-electron chi connectivity index (χ1n) is 6.84. The lowest BCUT2D eigenvalue weighted by molar-refractivity contribution is -0.107. The average Bonchev–Trinajstić information content (AvgIpc) is 2.17. The maximum Gasteiger partial charge on any atom is 0.0602 e. The fourth-order valence-corrected chi connectivity index (χ4v) is 4.22. The van der Waals surface area contributed by atoms with E-state index in [1.807, 2.05) is 7.11 Å². The zero-order valence-corrected chi connectivity index (χ0v) is 10.1. The van der Waals surface area contributed by atoms with Crippen molar-refractivity contribution in [1.82, 2.24) is 0 Å². The number of methoxy groups -OCH3 is 1. The van der Waals surface area contributed by atoms with Crippen LogP contribution in [0.15, 0.2) is 0 Å². The van der Waals surface area contributed by atoms with Crippen molar-refractivity contribution in [1.29, 1.82) is 0 Å². The van der Waals surface area contributed by atoms with Crippen molar-refractivity contribution in [3.8, 4) is 0 Å². The summed E-state index contributed by atoms with van der Waals surface area (Å²) in [5, 5.41) is 0. The van der Waals surface area contributed by atoms with Crippen molar-refractivity contribution in [2.45, 2.75) is 51.6 Å². The molecule has 1 heteroatoms. The predicted octanol–water partition coefficient (Wildman–Crippen LogP) is 3.48. The first-order chi connectivity index (χ1) is 7.31. The molecule has 1 nitrogen and oxygen atoms in total. The van der Waals surface area contributed by atoms with Crippen LogP contribution in [-0.4, -0.2) is 13.2 Å². The Morgan fingerprint density at radius 2 is 1.33 bits per heavy atom. The molecule has 3 rings (SSSR count). The SMILES string of the molecule is COC1CCC1C1CCC1C1CCC1C. The second kappa shape index (κ2) is 3.76. The second-order valence-electron chi connectivity index (χ2n) is 6.14. The summed E-state index contributed by atoms with van der Waals surface area (Å²) in [7, 11) is 1.90. The molecule has 0 aromatic rings. The van der Waals surface area contributed by atoms with Crippen LogP contribution in [0.1, 0.15) is 45.4 Å². The molecule has 15 heavy (non-hydrogen) atoms. The molecule has 3 fully saturated rings. The first-order valence-corrected chi connectivity index (χ1v) is 6.84. The molecule has 6 unspecified atom stereocenters. The lowest BCUT2D eigenvalue weighted by Gasteiger charge is -2.55. The number of hydrogen-bond donors (Lipinski definition) is 0. The Kier molecular flexibility index (Phi) is 2.54. The van der Waals surface area contributed by atoms with Crippen molar-refractivity contribution in [3.05, 3.63) is 0 Å². The summed E-state index contributed by atoms with van der Waals surface area (Å²) < 4.78 is 5.56. The number of rotatable bonds is 3. The van der Waals surface area contributed by atoms with Crippen LogP contribution in [0, 0.1) is 29.6 Å². The van der Waals surface area contributed by atoms with Gasteiger partial charge in [-0.15, -0.1) is 0 Å². The molecular formula is C14H24O. The third-order valence-corrected chi connectivity index (χ3v) is 5.73. The van der Waals surface area contributed by atoms with Crippen LogP contribution in [0.25, 0.3) is 0 Å². The Balaban J connectivity index is 1.58. The Hall–Kier alpha value is -0.0400. The zero-order valence-electron chi connectivity index (χ0n) is 10.1. The van der Waals surface area contributed by atoms with Gasteiger partial charge >= 0.3 is 0 Å². The van der Waals surface area contributed by atoms with Gasteiger partial charge in [0.1, 0.15) is 0 Å². The Morgan fingerprint density at radius 1 is 0.733 bits per heavy atom. The Labute approximate surface area is 93.6 Å². The second-order valence-corrected chi connectivity index (χ2v) is 6.14. The van der Waals surface area contributed by atoms with E-state index >= 15 is 0 Å².